The lowest BCUT2D eigenvalue weighted by atomic mass is 9.82. The molecule has 2 fully saturated rings. The Balaban J connectivity index is 0.00000243. The van der Waals surface area contributed by atoms with Gasteiger partial charge < -0.3 is 15.1 Å². The highest BCUT2D eigenvalue weighted by Crippen LogP contribution is 2.33. The van der Waals surface area contributed by atoms with E-state index >= 15 is 0 Å². The lowest BCUT2D eigenvalue weighted by molar-refractivity contribution is -0.127. The highest BCUT2D eigenvalue weighted by atomic mass is 127. The molecular weight excluding hydrogens is 439 g/mol. The molecular formula is C20H31IN4O. The van der Waals surface area contributed by atoms with Crippen molar-refractivity contribution in [3.63, 3.8) is 0 Å². The van der Waals surface area contributed by atoms with Crippen molar-refractivity contribution in [3.8, 4) is 0 Å². The number of hydrogen-bond donors (Lipinski definition) is 1. The van der Waals surface area contributed by atoms with E-state index in [-0.39, 0.29) is 36.4 Å². The predicted octanol–water partition coefficient (Wildman–Crippen LogP) is 2.93. The van der Waals surface area contributed by atoms with Gasteiger partial charge in [-0.05, 0) is 36.7 Å². The van der Waals surface area contributed by atoms with Gasteiger partial charge in [-0.1, -0.05) is 37.3 Å². The van der Waals surface area contributed by atoms with Crippen LogP contribution in [0.15, 0.2) is 35.3 Å². The SMILES string of the molecule is CC1CN(C(=NCC(=O)N(C)C)NC2CC2)CCC1c1ccccc1.I. The van der Waals surface area contributed by atoms with Crippen molar-refractivity contribution < 1.29 is 4.79 Å². The molecule has 2 aliphatic rings. The van der Waals surface area contributed by atoms with Crippen molar-refractivity contribution in [3.05, 3.63) is 35.9 Å². The number of carbonyl (C=O) groups excluding carboxylic acids is 1. The monoisotopic (exact) mass is 470 g/mol. The first kappa shape index (κ1) is 21.0. The van der Waals surface area contributed by atoms with Crippen LogP contribution in [0.3, 0.4) is 0 Å². The lowest BCUT2D eigenvalue weighted by Gasteiger charge is -2.39. The van der Waals surface area contributed by atoms with Gasteiger partial charge in [0.1, 0.15) is 6.54 Å². The molecule has 2 atom stereocenters. The zero-order valence-corrected chi connectivity index (χ0v) is 18.3. The molecule has 1 saturated heterocycles. The minimum absolute atomic E-state index is 0. The van der Waals surface area contributed by atoms with Gasteiger partial charge in [0.2, 0.25) is 5.91 Å². The molecule has 1 aliphatic carbocycles. The molecule has 0 spiro atoms. The number of likely N-dealkylation sites (tertiary alicyclic amines) is 1. The number of rotatable bonds is 4. The van der Waals surface area contributed by atoms with E-state index in [2.05, 4.69) is 52.5 Å². The summed E-state index contributed by atoms with van der Waals surface area (Å²) < 4.78 is 0. The van der Waals surface area contributed by atoms with Gasteiger partial charge in [-0.15, -0.1) is 24.0 Å². The third-order valence-electron chi connectivity index (χ3n) is 5.21. The molecule has 1 aromatic carbocycles. The summed E-state index contributed by atoms with van der Waals surface area (Å²) >= 11 is 0. The number of halogens is 1. The van der Waals surface area contributed by atoms with E-state index in [0.717, 1.165) is 25.5 Å². The Kier molecular flexibility index (Phi) is 7.73. The van der Waals surface area contributed by atoms with Crippen molar-refractivity contribution in [2.75, 3.05) is 33.7 Å². The third-order valence-corrected chi connectivity index (χ3v) is 5.21. The summed E-state index contributed by atoms with van der Waals surface area (Å²) in [5.74, 6) is 2.12. The van der Waals surface area contributed by atoms with Crippen LogP contribution in [-0.2, 0) is 4.79 Å². The van der Waals surface area contributed by atoms with Crippen LogP contribution in [0.2, 0.25) is 0 Å². The van der Waals surface area contributed by atoms with Gasteiger partial charge in [0.25, 0.3) is 0 Å². The summed E-state index contributed by atoms with van der Waals surface area (Å²) in [7, 11) is 3.55. The van der Waals surface area contributed by atoms with Gasteiger partial charge in [0.05, 0.1) is 0 Å². The van der Waals surface area contributed by atoms with Crippen LogP contribution in [0, 0.1) is 5.92 Å². The summed E-state index contributed by atoms with van der Waals surface area (Å²) in [4.78, 5) is 20.5. The minimum Gasteiger partial charge on any atom is -0.353 e. The number of nitrogens with one attached hydrogen (secondary N) is 1. The fourth-order valence-corrected chi connectivity index (χ4v) is 3.46. The molecule has 0 bridgehead atoms. The molecule has 144 valence electrons. The molecule has 0 radical (unpaired) electrons. The third kappa shape index (κ3) is 5.59. The second-order valence-corrected chi connectivity index (χ2v) is 7.58. The molecule has 1 aliphatic heterocycles. The average molecular weight is 470 g/mol. The molecule has 6 heteroatoms. The molecule has 1 heterocycles. The first-order valence-corrected chi connectivity index (χ1v) is 9.35. The summed E-state index contributed by atoms with van der Waals surface area (Å²) in [6.45, 7) is 4.51. The van der Waals surface area contributed by atoms with Crippen molar-refractivity contribution in [2.24, 2.45) is 10.9 Å². The Bertz CT molecular complexity index is 615. The topological polar surface area (TPSA) is 47.9 Å². The number of benzene rings is 1. The second-order valence-electron chi connectivity index (χ2n) is 7.58. The van der Waals surface area contributed by atoms with E-state index in [9.17, 15) is 4.79 Å². The van der Waals surface area contributed by atoms with Crippen LogP contribution in [0.5, 0.6) is 0 Å². The number of likely N-dealkylation sites (N-methyl/N-ethyl adjacent to an activating group) is 1. The number of piperidine rings is 1. The summed E-state index contributed by atoms with van der Waals surface area (Å²) in [6, 6.07) is 11.4. The van der Waals surface area contributed by atoms with Gasteiger partial charge in [0, 0.05) is 33.2 Å². The van der Waals surface area contributed by atoms with Crippen LogP contribution in [-0.4, -0.2) is 61.4 Å². The number of guanidine groups is 1. The maximum atomic E-state index is 11.9. The fourth-order valence-electron chi connectivity index (χ4n) is 3.46. The highest BCUT2D eigenvalue weighted by Gasteiger charge is 2.31. The van der Waals surface area contributed by atoms with Crippen LogP contribution in [0.1, 0.15) is 37.7 Å². The molecule has 0 aromatic heterocycles. The van der Waals surface area contributed by atoms with Crippen molar-refractivity contribution in [1.82, 2.24) is 15.1 Å². The number of nitrogens with zero attached hydrogens (tertiary/aromatic N) is 3. The van der Waals surface area contributed by atoms with Crippen LogP contribution < -0.4 is 5.32 Å². The quantitative estimate of drug-likeness (QED) is 0.418. The number of aliphatic imine (C=N–C) groups is 1. The Labute approximate surface area is 174 Å². The zero-order valence-electron chi connectivity index (χ0n) is 16.0. The molecule has 2 unspecified atom stereocenters. The highest BCUT2D eigenvalue weighted by molar-refractivity contribution is 14.0. The van der Waals surface area contributed by atoms with Crippen LogP contribution in [0.25, 0.3) is 0 Å². The Hall–Kier alpha value is -1.31. The molecule has 1 amide bonds. The van der Waals surface area contributed by atoms with Gasteiger partial charge in [-0.25, -0.2) is 4.99 Å². The molecule has 1 aromatic rings. The fraction of sp³-hybridized carbons (Fsp3) is 0.600. The first-order valence-electron chi connectivity index (χ1n) is 9.35. The molecule has 26 heavy (non-hydrogen) atoms. The van der Waals surface area contributed by atoms with Gasteiger partial charge in [-0.2, -0.15) is 0 Å². The van der Waals surface area contributed by atoms with Crippen molar-refractivity contribution in [1.29, 1.82) is 0 Å². The van der Waals surface area contributed by atoms with E-state index in [4.69, 9.17) is 0 Å². The molecule has 1 N–H and O–H groups in total. The van der Waals surface area contributed by atoms with E-state index in [1.165, 1.54) is 18.4 Å². The van der Waals surface area contributed by atoms with E-state index < -0.39 is 0 Å². The summed E-state index contributed by atoms with van der Waals surface area (Å²) in [5.41, 5.74) is 1.44. The Morgan fingerprint density at radius 3 is 2.50 bits per heavy atom. The molecule has 3 rings (SSSR count). The zero-order chi connectivity index (χ0) is 17.8. The normalized spacial score (nSPS) is 23.2. The van der Waals surface area contributed by atoms with Crippen molar-refractivity contribution in [2.45, 2.75) is 38.1 Å². The number of hydrogen-bond acceptors (Lipinski definition) is 2. The maximum absolute atomic E-state index is 11.9. The number of amides is 1. The minimum atomic E-state index is 0. The largest absolute Gasteiger partial charge is 0.353 e. The second kappa shape index (κ2) is 9.58. The summed E-state index contributed by atoms with van der Waals surface area (Å²) in [6.07, 6.45) is 3.53. The van der Waals surface area contributed by atoms with Crippen LogP contribution >= 0.6 is 24.0 Å². The Morgan fingerprint density at radius 2 is 1.92 bits per heavy atom. The molecule has 5 nitrogen and oxygen atoms in total. The first-order chi connectivity index (χ1) is 12.0. The van der Waals surface area contributed by atoms with E-state index in [1.807, 2.05) is 0 Å². The standard InChI is InChI=1S/C20H30N4O.HI/c1-15-14-24(12-11-18(15)16-7-5-4-6-8-16)20(22-17-9-10-17)21-13-19(25)23(2)3;/h4-8,15,17-18H,9-14H2,1-3H3,(H,21,22);1H. The van der Waals surface area contributed by atoms with Gasteiger partial charge in [-0.3, -0.25) is 4.79 Å². The predicted molar refractivity (Wildman–Crippen MR) is 117 cm³/mol. The van der Waals surface area contributed by atoms with E-state index in [0.29, 0.717) is 17.9 Å². The number of carbonyl (C=O) groups is 1. The van der Waals surface area contributed by atoms with Gasteiger partial charge >= 0.3 is 0 Å². The smallest absolute Gasteiger partial charge is 0.243 e. The van der Waals surface area contributed by atoms with Gasteiger partial charge in [0.15, 0.2) is 5.96 Å². The maximum Gasteiger partial charge on any atom is 0.243 e. The lowest BCUT2D eigenvalue weighted by Crippen LogP contribution is -2.49. The summed E-state index contributed by atoms with van der Waals surface area (Å²) in [5, 5.41) is 3.54. The van der Waals surface area contributed by atoms with Crippen LogP contribution in [0.4, 0.5) is 0 Å². The van der Waals surface area contributed by atoms with Crippen molar-refractivity contribution >= 4 is 35.8 Å². The average Bonchev–Trinajstić information content (AvgIpc) is 3.43. The Morgan fingerprint density at radius 1 is 1.23 bits per heavy atom. The van der Waals surface area contributed by atoms with E-state index in [1.54, 1.807) is 19.0 Å². The molecule has 1 saturated carbocycles.